The van der Waals surface area contributed by atoms with Crippen molar-refractivity contribution in [1.29, 1.82) is 0 Å². The van der Waals surface area contributed by atoms with Crippen molar-refractivity contribution in [3.8, 4) is 46.1 Å². The molecule has 7 aromatic rings. The molecule has 12 heterocycles. The van der Waals surface area contributed by atoms with E-state index in [1.807, 2.05) is 139 Å². The average Bonchev–Trinajstić information content (AvgIpc) is 0.941. The zero-order chi connectivity index (χ0) is 85.9. The highest BCUT2D eigenvalue weighted by molar-refractivity contribution is 5.87. The number of rotatable bonds is 21. The molecule has 0 bridgehead atoms. The normalized spacial score (nSPS) is 14.8. The van der Waals surface area contributed by atoms with Crippen molar-refractivity contribution < 1.29 is 19.8 Å². The Labute approximate surface area is 695 Å². The molecule has 3 fully saturated rings. The molecule has 36 heteroatoms. The number of fused-ring (bicyclic) bond motifs is 9. The summed E-state index contributed by atoms with van der Waals surface area (Å²) in [6.45, 7) is 22.8. The Balaban J connectivity index is 0.000000127. The van der Waals surface area contributed by atoms with Crippen LogP contribution >= 0.6 is 0 Å². The summed E-state index contributed by atoms with van der Waals surface area (Å²) >= 11 is 0. The lowest BCUT2D eigenvalue weighted by Gasteiger charge is -2.30. The Kier molecular flexibility index (Phi) is 24.6. The van der Waals surface area contributed by atoms with Crippen LogP contribution in [0.1, 0.15) is 95.1 Å². The SMILES string of the molecule is Cc1cc2nc3c(=O)[nH]c(=O)nc-3n(CCN3CCC(C(=O)O)C3)c2cc1C.Cc1cc2nc3c(=O)[nH]c(=O)nc-3n(CCN3CCC(C(=O)O)CC3)c2cc1NC1CCCC1.Cc1cc2nc3c(=O)[nH]c(=O)nc-3n(CCNCCc3c[nH]c4ccccc34)c2cc1C.Cc1cc2nc3c(=O)[nH]c(=O)nc-3n(CCNCc3cncn3C)c2cc1C. The van der Waals surface area contributed by atoms with Crippen LogP contribution in [0.4, 0.5) is 5.69 Å². The van der Waals surface area contributed by atoms with Gasteiger partial charge >= 0.3 is 34.7 Å². The highest BCUT2D eigenvalue weighted by atomic mass is 16.4. The van der Waals surface area contributed by atoms with Gasteiger partial charge in [0.15, 0.2) is 46.1 Å². The summed E-state index contributed by atoms with van der Waals surface area (Å²) < 4.78 is 9.51. The Morgan fingerprint density at radius 3 is 1.32 bits per heavy atom. The lowest BCUT2D eigenvalue weighted by atomic mass is 9.97. The molecular weight excluding hydrogens is 1560 g/mol. The van der Waals surface area contributed by atoms with Gasteiger partial charge in [-0.15, -0.1) is 0 Å². The average molecular weight is 1660 g/mol. The van der Waals surface area contributed by atoms with E-state index < -0.39 is 56.9 Å². The molecular formula is C86H96N24O12. The summed E-state index contributed by atoms with van der Waals surface area (Å²) in [6.07, 6.45) is 13.1. The third-order valence-electron chi connectivity index (χ3n) is 23.7. The molecule has 0 amide bonds. The molecule has 1 aliphatic carbocycles. The van der Waals surface area contributed by atoms with Gasteiger partial charge in [-0.2, -0.15) is 19.9 Å². The maximum Gasteiger partial charge on any atom is 0.349 e. The summed E-state index contributed by atoms with van der Waals surface area (Å²) in [7, 11) is 1.94. The van der Waals surface area contributed by atoms with Gasteiger partial charge in [-0.05, 0) is 212 Å². The van der Waals surface area contributed by atoms with Crippen molar-refractivity contribution in [3.05, 3.63) is 225 Å². The summed E-state index contributed by atoms with van der Waals surface area (Å²) in [6, 6.07) is 24.6. The number of hydrogen-bond donors (Lipinski definition) is 10. The number of aromatic nitrogens is 19. The van der Waals surface area contributed by atoms with Crippen molar-refractivity contribution >= 4 is 72.7 Å². The first kappa shape index (κ1) is 83.6. The van der Waals surface area contributed by atoms with E-state index in [0.717, 1.165) is 104 Å². The van der Waals surface area contributed by atoms with Crippen molar-refractivity contribution in [2.75, 3.05) is 64.2 Å². The van der Waals surface area contributed by atoms with Crippen LogP contribution in [-0.2, 0) is 55.8 Å². The van der Waals surface area contributed by atoms with Crippen LogP contribution < -0.4 is 60.9 Å². The number of piperidine rings is 1. The van der Waals surface area contributed by atoms with Crippen molar-refractivity contribution in [3.63, 3.8) is 0 Å². The number of anilines is 1. The minimum absolute atomic E-state index is 0.125. The summed E-state index contributed by atoms with van der Waals surface area (Å²) in [5.41, 5.74) is 13.9. The fraction of sp³-hybridized carbons (Fsp3) is 0.384. The third-order valence-corrected chi connectivity index (χ3v) is 23.7. The van der Waals surface area contributed by atoms with Gasteiger partial charge in [0.25, 0.3) is 22.2 Å². The lowest BCUT2D eigenvalue weighted by Crippen LogP contribution is -2.38. The van der Waals surface area contributed by atoms with Crippen LogP contribution in [0.5, 0.6) is 0 Å². The minimum atomic E-state index is -0.773. The molecule has 0 radical (unpaired) electrons. The predicted molar refractivity (Wildman–Crippen MR) is 462 cm³/mol. The molecule has 122 heavy (non-hydrogen) atoms. The zero-order valence-corrected chi connectivity index (χ0v) is 69.1. The van der Waals surface area contributed by atoms with Crippen LogP contribution in [0.3, 0.4) is 0 Å². The van der Waals surface area contributed by atoms with Crippen molar-refractivity contribution in [1.82, 2.24) is 113 Å². The minimum Gasteiger partial charge on any atom is -0.481 e. The summed E-state index contributed by atoms with van der Waals surface area (Å²) in [5.74, 6) is -1.01. The standard InChI is InChI=1S/C24H30N6O4.C24H24N6O2.C19H21N7O2.C19H21N5O4/c1-14-12-18-19(13-17(14)25-16-4-2-3-5-16)30(21-20(26-18)22(31)28-24(34)27-21)11-10-29-8-6-15(7-9-29)23(32)33;1-14-11-19-20(12-15(14)2)30(22-21(27-19)23(31)29-24(32)28-22)10-9-25-8-7-16-13-26-18-6-4-3-5-17(16)18;1-11-6-14-15(7-12(11)2)26(5-4-20-8-13-9-21-10-25(13)3)17-16(22-14)18(27)24-19(28)23-17;1-10-7-13-14(8-11(10)2)24(6-5-23-4-3-12(9-23)18(26)27)16-15(20-13)17(25)22-19(28)21-16/h12-13,15-16,25H,2-11H2,1H3,(H,32,33)(H,28,31,34);3-6,11-13,25-26H,7-10H2,1-2H3,(H,29,31,32);6-7,9-10,20H,4-5,8H2,1-3H3,(H,24,27,28);7-8,12H,3-6,9H2,1-2H3,(H,26,27)(H,22,25,28). The van der Waals surface area contributed by atoms with E-state index in [-0.39, 0.29) is 46.3 Å². The van der Waals surface area contributed by atoms with E-state index >= 15 is 0 Å². The molecule has 632 valence electrons. The smallest absolute Gasteiger partial charge is 0.349 e. The summed E-state index contributed by atoms with van der Waals surface area (Å²) in [4.78, 5) is 174. The number of imidazole rings is 1. The van der Waals surface area contributed by atoms with E-state index in [9.17, 15) is 58.2 Å². The number of carboxylic acid groups (broad SMARTS) is 2. The number of para-hydroxylation sites is 1. The largest absolute Gasteiger partial charge is 0.481 e. The number of benzene rings is 5. The van der Waals surface area contributed by atoms with Gasteiger partial charge in [0.1, 0.15) is 0 Å². The molecule has 0 spiro atoms. The number of nitrogens with zero attached hydrogens (tertiary/aromatic N) is 16. The quantitative estimate of drug-likeness (QED) is 0.0296. The highest BCUT2D eigenvalue weighted by Gasteiger charge is 2.31. The van der Waals surface area contributed by atoms with Gasteiger partial charge in [0.2, 0.25) is 0 Å². The first-order valence-electron chi connectivity index (χ1n) is 41.0. The van der Waals surface area contributed by atoms with E-state index in [4.69, 9.17) is 0 Å². The lowest BCUT2D eigenvalue weighted by molar-refractivity contribution is -0.143. The monoisotopic (exact) mass is 1660 g/mol. The van der Waals surface area contributed by atoms with Gasteiger partial charge in [-0.1, -0.05) is 31.0 Å². The molecule has 1 atom stereocenters. The number of nitrogens with one attached hydrogen (secondary N) is 8. The molecule has 11 aliphatic rings. The fourth-order valence-corrected chi connectivity index (χ4v) is 16.4. The highest BCUT2D eigenvalue weighted by Crippen LogP contribution is 2.33. The number of carboxylic acids is 2. The zero-order valence-electron chi connectivity index (χ0n) is 69.1. The molecule has 10 aliphatic heterocycles. The number of H-pyrrole nitrogens is 5. The van der Waals surface area contributed by atoms with E-state index in [1.54, 1.807) is 6.33 Å². The van der Waals surface area contributed by atoms with Crippen molar-refractivity contribution in [2.24, 2.45) is 18.9 Å². The Morgan fingerprint density at radius 2 is 0.869 bits per heavy atom. The van der Waals surface area contributed by atoms with Crippen LogP contribution in [0.25, 0.3) is 101 Å². The second kappa shape index (κ2) is 35.9. The van der Waals surface area contributed by atoms with Gasteiger partial charge in [-0.25, -0.2) is 44.1 Å². The number of likely N-dealkylation sites (tertiary alicyclic amines) is 2. The van der Waals surface area contributed by atoms with Gasteiger partial charge in [0, 0.05) is 108 Å². The van der Waals surface area contributed by atoms with E-state index in [0.29, 0.717) is 144 Å². The van der Waals surface area contributed by atoms with Crippen LogP contribution in [0, 0.1) is 60.3 Å². The predicted octanol–water partition coefficient (Wildman–Crippen LogP) is 5.89. The number of aliphatic carboxylic acids is 2. The van der Waals surface area contributed by atoms with E-state index in [2.05, 4.69) is 120 Å². The molecule has 2 saturated heterocycles. The Bertz CT molecular complexity index is 6870. The first-order chi connectivity index (χ1) is 58.7. The van der Waals surface area contributed by atoms with Gasteiger partial charge in [-0.3, -0.25) is 48.7 Å². The summed E-state index contributed by atoms with van der Waals surface area (Å²) in [5, 5.41) is 30.2. The Hall–Kier alpha value is -13.5. The molecule has 2 aromatic heterocycles. The van der Waals surface area contributed by atoms with Crippen LogP contribution in [-0.4, -0.2) is 190 Å². The first-order valence-corrected chi connectivity index (χ1v) is 41.0. The Morgan fingerprint density at radius 1 is 0.459 bits per heavy atom. The molecule has 36 nitrogen and oxygen atoms in total. The molecule has 18 rings (SSSR count). The van der Waals surface area contributed by atoms with Crippen LogP contribution in [0.2, 0.25) is 0 Å². The molecule has 10 N–H and O–H groups in total. The number of aromatic amines is 5. The van der Waals surface area contributed by atoms with Gasteiger partial charge in [0.05, 0.1) is 68.0 Å². The maximum absolute atomic E-state index is 12.5. The molecule has 1 unspecified atom stereocenters. The second-order valence-electron chi connectivity index (χ2n) is 31.9. The number of hydrogen-bond acceptors (Lipinski definition) is 24. The van der Waals surface area contributed by atoms with Crippen molar-refractivity contribution in [2.45, 2.75) is 139 Å². The second-order valence-corrected chi connectivity index (χ2v) is 31.9. The fourth-order valence-electron chi connectivity index (χ4n) is 16.4. The third kappa shape index (κ3) is 18.2. The maximum atomic E-state index is 12.5. The molecule has 1 saturated carbocycles. The number of aryl methyl sites for hydroxylation is 8. The number of carbonyl (C=O) groups is 2. The topological polar surface area (TPSA) is 473 Å². The molecule has 5 aromatic carbocycles. The van der Waals surface area contributed by atoms with Crippen LogP contribution in [0.15, 0.2) is 130 Å². The van der Waals surface area contributed by atoms with Gasteiger partial charge < -0.3 is 63.8 Å². The van der Waals surface area contributed by atoms with E-state index in [1.165, 1.54) is 23.8 Å².